The van der Waals surface area contributed by atoms with E-state index in [9.17, 15) is 0 Å². The smallest absolute Gasteiger partial charge is 0.0681 e. The molecule has 1 fully saturated rings. The number of aliphatic hydroxyl groups excluding tert-OH is 1. The Bertz CT molecular complexity index is 622. The molecule has 4 nitrogen and oxygen atoms in total. The van der Waals surface area contributed by atoms with Crippen molar-refractivity contribution in [3.05, 3.63) is 65.2 Å². The first-order chi connectivity index (χ1) is 11.9. The standard InChI is InChI=1S/C20H26N2O2/c23-16-18-7-5-17(6-8-18)9-10-21-15-19-3-1-2-4-20(19)22-11-13-24-14-12-22/h1-8,21,23H,9-16H2. The molecule has 2 aromatic carbocycles. The van der Waals surface area contributed by atoms with Crippen molar-refractivity contribution in [1.29, 1.82) is 0 Å². The van der Waals surface area contributed by atoms with Crippen LogP contribution in [0.1, 0.15) is 16.7 Å². The van der Waals surface area contributed by atoms with Crippen LogP contribution in [0.25, 0.3) is 0 Å². The van der Waals surface area contributed by atoms with Crippen LogP contribution in [0.4, 0.5) is 5.69 Å². The fourth-order valence-electron chi connectivity index (χ4n) is 3.04. The minimum atomic E-state index is 0.108. The molecule has 0 aliphatic carbocycles. The first-order valence-electron chi connectivity index (χ1n) is 8.67. The van der Waals surface area contributed by atoms with E-state index in [0.29, 0.717) is 0 Å². The third-order valence-corrected chi connectivity index (χ3v) is 4.45. The zero-order chi connectivity index (χ0) is 16.6. The molecule has 1 aliphatic rings. The van der Waals surface area contributed by atoms with Crippen molar-refractivity contribution < 1.29 is 9.84 Å². The SMILES string of the molecule is OCc1ccc(CCNCc2ccccc2N2CCOCC2)cc1. The second-order valence-corrected chi connectivity index (χ2v) is 6.13. The van der Waals surface area contributed by atoms with Gasteiger partial charge in [0.1, 0.15) is 0 Å². The number of ether oxygens (including phenoxy) is 1. The van der Waals surface area contributed by atoms with E-state index in [0.717, 1.165) is 51.4 Å². The van der Waals surface area contributed by atoms with Crippen molar-refractivity contribution in [1.82, 2.24) is 5.32 Å². The maximum atomic E-state index is 9.08. The molecule has 0 aromatic heterocycles. The molecule has 0 bridgehead atoms. The highest BCUT2D eigenvalue weighted by Gasteiger charge is 2.13. The minimum Gasteiger partial charge on any atom is -0.392 e. The topological polar surface area (TPSA) is 44.7 Å². The van der Waals surface area contributed by atoms with Crippen LogP contribution in [0.2, 0.25) is 0 Å². The quantitative estimate of drug-likeness (QED) is 0.767. The van der Waals surface area contributed by atoms with E-state index in [1.165, 1.54) is 16.8 Å². The number of benzene rings is 2. The van der Waals surface area contributed by atoms with Gasteiger partial charge in [-0.3, -0.25) is 0 Å². The Labute approximate surface area is 144 Å². The molecule has 3 rings (SSSR count). The summed E-state index contributed by atoms with van der Waals surface area (Å²) in [6.45, 7) is 5.48. The molecular weight excluding hydrogens is 300 g/mol. The Kier molecular flexibility index (Phi) is 6.24. The summed E-state index contributed by atoms with van der Waals surface area (Å²) >= 11 is 0. The molecule has 1 saturated heterocycles. The van der Waals surface area contributed by atoms with Crippen LogP contribution in [-0.4, -0.2) is 38.0 Å². The van der Waals surface area contributed by atoms with Gasteiger partial charge in [-0.05, 0) is 35.7 Å². The van der Waals surface area contributed by atoms with Crippen molar-refractivity contribution in [3.8, 4) is 0 Å². The minimum absolute atomic E-state index is 0.108. The van der Waals surface area contributed by atoms with E-state index in [1.54, 1.807) is 0 Å². The van der Waals surface area contributed by atoms with Crippen molar-refractivity contribution in [3.63, 3.8) is 0 Å². The Balaban J connectivity index is 1.51. The molecular formula is C20H26N2O2. The van der Waals surface area contributed by atoms with Gasteiger partial charge in [-0.25, -0.2) is 0 Å². The van der Waals surface area contributed by atoms with Crippen molar-refractivity contribution in [2.24, 2.45) is 0 Å². The van der Waals surface area contributed by atoms with Crippen LogP contribution < -0.4 is 10.2 Å². The first kappa shape index (κ1) is 17.0. The lowest BCUT2D eigenvalue weighted by molar-refractivity contribution is 0.122. The normalized spacial score (nSPS) is 14.8. The highest BCUT2D eigenvalue weighted by Crippen LogP contribution is 2.21. The summed E-state index contributed by atoms with van der Waals surface area (Å²) < 4.78 is 5.45. The molecule has 0 unspecified atom stereocenters. The second-order valence-electron chi connectivity index (χ2n) is 6.13. The Morgan fingerprint density at radius 1 is 0.958 bits per heavy atom. The van der Waals surface area contributed by atoms with Crippen molar-refractivity contribution >= 4 is 5.69 Å². The highest BCUT2D eigenvalue weighted by atomic mass is 16.5. The number of anilines is 1. The van der Waals surface area contributed by atoms with Crippen molar-refractivity contribution in [2.75, 3.05) is 37.7 Å². The third kappa shape index (κ3) is 4.57. The molecule has 2 aromatic rings. The van der Waals surface area contributed by atoms with Crippen LogP contribution in [-0.2, 0) is 24.3 Å². The molecule has 1 aliphatic heterocycles. The number of hydrogen-bond acceptors (Lipinski definition) is 4. The Hall–Kier alpha value is -1.88. The molecule has 0 saturated carbocycles. The van der Waals surface area contributed by atoms with Crippen LogP contribution in [0.5, 0.6) is 0 Å². The van der Waals surface area contributed by atoms with Gasteiger partial charge in [0.05, 0.1) is 19.8 Å². The van der Waals surface area contributed by atoms with Gasteiger partial charge in [0, 0.05) is 25.3 Å². The van der Waals surface area contributed by atoms with E-state index >= 15 is 0 Å². The van der Waals surface area contributed by atoms with Gasteiger partial charge in [-0.2, -0.15) is 0 Å². The Morgan fingerprint density at radius 3 is 2.42 bits per heavy atom. The summed E-state index contributed by atoms with van der Waals surface area (Å²) in [7, 11) is 0. The lowest BCUT2D eigenvalue weighted by Gasteiger charge is -2.30. The fraction of sp³-hybridized carbons (Fsp3) is 0.400. The van der Waals surface area contributed by atoms with Gasteiger partial charge in [0.15, 0.2) is 0 Å². The predicted octanol–water partition coefficient (Wildman–Crippen LogP) is 2.35. The molecule has 0 spiro atoms. The third-order valence-electron chi connectivity index (χ3n) is 4.45. The molecule has 128 valence electrons. The predicted molar refractivity (Wildman–Crippen MR) is 97.2 cm³/mol. The molecule has 0 radical (unpaired) electrons. The molecule has 4 heteroatoms. The van der Waals surface area contributed by atoms with Crippen LogP contribution >= 0.6 is 0 Å². The number of aliphatic hydroxyl groups is 1. The average Bonchev–Trinajstić information content (AvgIpc) is 2.67. The molecule has 2 N–H and O–H groups in total. The van der Waals surface area contributed by atoms with E-state index in [4.69, 9.17) is 9.84 Å². The summed E-state index contributed by atoms with van der Waals surface area (Å²) in [5.41, 5.74) is 4.92. The summed E-state index contributed by atoms with van der Waals surface area (Å²) in [6.07, 6.45) is 0.991. The van der Waals surface area contributed by atoms with Gasteiger partial charge >= 0.3 is 0 Å². The summed E-state index contributed by atoms with van der Waals surface area (Å²) in [5, 5.41) is 12.6. The summed E-state index contributed by atoms with van der Waals surface area (Å²) in [6, 6.07) is 16.8. The largest absolute Gasteiger partial charge is 0.392 e. The number of para-hydroxylation sites is 1. The Morgan fingerprint density at radius 2 is 1.67 bits per heavy atom. The highest BCUT2D eigenvalue weighted by molar-refractivity contribution is 5.53. The molecule has 24 heavy (non-hydrogen) atoms. The van der Waals surface area contributed by atoms with Gasteiger partial charge < -0.3 is 20.1 Å². The van der Waals surface area contributed by atoms with Gasteiger partial charge in [0.25, 0.3) is 0 Å². The van der Waals surface area contributed by atoms with E-state index < -0.39 is 0 Å². The van der Waals surface area contributed by atoms with Crippen LogP contribution in [0.15, 0.2) is 48.5 Å². The van der Waals surface area contributed by atoms with E-state index in [-0.39, 0.29) is 6.61 Å². The number of hydrogen-bond donors (Lipinski definition) is 2. The molecule has 0 atom stereocenters. The molecule has 0 amide bonds. The fourth-order valence-corrected chi connectivity index (χ4v) is 3.04. The summed E-state index contributed by atoms with van der Waals surface area (Å²) in [4.78, 5) is 2.41. The first-order valence-corrected chi connectivity index (χ1v) is 8.67. The van der Waals surface area contributed by atoms with Crippen molar-refractivity contribution in [2.45, 2.75) is 19.6 Å². The number of morpholine rings is 1. The average molecular weight is 326 g/mol. The lowest BCUT2D eigenvalue weighted by Crippen LogP contribution is -2.37. The zero-order valence-electron chi connectivity index (χ0n) is 14.1. The monoisotopic (exact) mass is 326 g/mol. The van der Waals surface area contributed by atoms with Gasteiger partial charge in [-0.15, -0.1) is 0 Å². The number of nitrogens with one attached hydrogen (secondary N) is 1. The second kappa shape index (κ2) is 8.83. The maximum Gasteiger partial charge on any atom is 0.0681 e. The van der Waals surface area contributed by atoms with Gasteiger partial charge in [-0.1, -0.05) is 42.5 Å². The maximum absolute atomic E-state index is 9.08. The van der Waals surface area contributed by atoms with E-state index in [2.05, 4.69) is 46.6 Å². The van der Waals surface area contributed by atoms with Crippen LogP contribution in [0, 0.1) is 0 Å². The van der Waals surface area contributed by atoms with Gasteiger partial charge in [0.2, 0.25) is 0 Å². The lowest BCUT2D eigenvalue weighted by atomic mass is 10.1. The zero-order valence-corrected chi connectivity index (χ0v) is 14.1. The molecule has 1 heterocycles. The number of nitrogens with zero attached hydrogens (tertiary/aromatic N) is 1. The number of rotatable bonds is 7. The summed E-state index contributed by atoms with van der Waals surface area (Å²) in [5.74, 6) is 0. The van der Waals surface area contributed by atoms with Crippen LogP contribution in [0.3, 0.4) is 0 Å². The van der Waals surface area contributed by atoms with E-state index in [1.807, 2.05) is 12.1 Å².